The molecule has 0 aromatic heterocycles. The molecule has 4 atom stereocenters. The number of aliphatic hydroxyl groups is 2. The summed E-state index contributed by atoms with van der Waals surface area (Å²) in [6.45, 7) is 3.96. The lowest BCUT2D eigenvalue weighted by Gasteiger charge is -2.23. The van der Waals surface area contributed by atoms with Gasteiger partial charge in [0.2, 0.25) is 11.8 Å². The highest BCUT2D eigenvalue weighted by atomic mass is 16.5. The van der Waals surface area contributed by atoms with Crippen LogP contribution in [0.5, 0.6) is 0 Å². The van der Waals surface area contributed by atoms with Crippen molar-refractivity contribution in [3.8, 4) is 0 Å². The molecule has 178 valence electrons. The van der Waals surface area contributed by atoms with Crippen molar-refractivity contribution in [1.82, 2.24) is 10.2 Å². The summed E-state index contributed by atoms with van der Waals surface area (Å²) in [6.07, 6.45) is -4.07. The molecule has 1 aliphatic heterocycles. The smallest absolute Gasteiger partial charge is 0.306 e. The SMILES string of the molecule is COC(=O)CC(C)(C)CC(=O)NC[C@H]1O[C@@H](CC(=O)N(C)Cc2ccccc2)C(O)[C@@H]1O. The zero-order valence-electron chi connectivity index (χ0n) is 19.1. The van der Waals surface area contributed by atoms with Gasteiger partial charge in [0.1, 0.15) is 18.3 Å². The van der Waals surface area contributed by atoms with Crippen molar-refractivity contribution in [2.45, 2.75) is 64.1 Å². The van der Waals surface area contributed by atoms with Crippen LogP contribution in [0.1, 0.15) is 38.7 Å². The number of carbonyl (C=O) groups excluding carboxylic acids is 3. The number of hydrogen-bond acceptors (Lipinski definition) is 7. The Labute approximate surface area is 188 Å². The largest absolute Gasteiger partial charge is 0.469 e. The summed E-state index contributed by atoms with van der Waals surface area (Å²) in [7, 11) is 2.96. The highest BCUT2D eigenvalue weighted by Gasteiger charge is 2.43. The molecule has 1 aromatic rings. The maximum atomic E-state index is 12.5. The minimum absolute atomic E-state index is 0.0179. The van der Waals surface area contributed by atoms with Gasteiger partial charge in [-0.05, 0) is 11.0 Å². The fourth-order valence-corrected chi connectivity index (χ4v) is 3.67. The molecule has 0 bridgehead atoms. The first-order valence-corrected chi connectivity index (χ1v) is 10.7. The lowest BCUT2D eigenvalue weighted by atomic mass is 9.85. The Bertz CT molecular complexity index is 784. The predicted molar refractivity (Wildman–Crippen MR) is 116 cm³/mol. The fourth-order valence-electron chi connectivity index (χ4n) is 3.67. The molecule has 9 heteroatoms. The van der Waals surface area contributed by atoms with Crippen LogP contribution < -0.4 is 5.32 Å². The second-order valence-corrected chi connectivity index (χ2v) is 9.03. The van der Waals surface area contributed by atoms with Crippen molar-refractivity contribution in [2.75, 3.05) is 20.7 Å². The van der Waals surface area contributed by atoms with E-state index in [1.54, 1.807) is 20.9 Å². The topological polar surface area (TPSA) is 125 Å². The van der Waals surface area contributed by atoms with E-state index < -0.39 is 35.8 Å². The Balaban J connectivity index is 1.82. The van der Waals surface area contributed by atoms with Gasteiger partial charge in [-0.15, -0.1) is 0 Å². The van der Waals surface area contributed by atoms with Crippen molar-refractivity contribution in [2.24, 2.45) is 5.41 Å². The number of methoxy groups -OCH3 is 1. The molecule has 9 nitrogen and oxygen atoms in total. The van der Waals surface area contributed by atoms with E-state index in [1.807, 2.05) is 30.3 Å². The summed E-state index contributed by atoms with van der Waals surface area (Å²) >= 11 is 0. The number of hydrogen-bond donors (Lipinski definition) is 3. The number of amides is 2. The standard InChI is InChI=1S/C23H34N2O7/c1-23(2,12-20(28)31-4)11-18(26)24-13-17-22(30)21(29)16(32-17)10-19(27)25(3)14-15-8-6-5-7-9-15/h5-9,16-17,21-22,29-30H,10-14H2,1-4H3,(H,24,26)/t16-,17+,21?,22+/m0/s1. The summed E-state index contributed by atoms with van der Waals surface area (Å²) < 4.78 is 10.3. The molecule has 1 aromatic carbocycles. The predicted octanol–water partition coefficient (Wildman–Crippen LogP) is 0.620. The van der Waals surface area contributed by atoms with Crippen LogP contribution in [0.15, 0.2) is 30.3 Å². The molecule has 0 radical (unpaired) electrons. The molecular formula is C23H34N2O7. The molecule has 1 fully saturated rings. The summed E-state index contributed by atoms with van der Waals surface area (Å²) in [5.41, 5.74) is 0.386. The Morgan fingerprint density at radius 2 is 1.72 bits per heavy atom. The Morgan fingerprint density at radius 3 is 2.34 bits per heavy atom. The van der Waals surface area contributed by atoms with E-state index in [0.29, 0.717) is 6.54 Å². The highest BCUT2D eigenvalue weighted by molar-refractivity contribution is 5.78. The highest BCUT2D eigenvalue weighted by Crippen LogP contribution is 2.26. The van der Waals surface area contributed by atoms with E-state index in [9.17, 15) is 24.6 Å². The van der Waals surface area contributed by atoms with Gasteiger partial charge in [0, 0.05) is 26.6 Å². The van der Waals surface area contributed by atoms with Gasteiger partial charge in [-0.3, -0.25) is 14.4 Å². The minimum atomic E-state index is -1.23. The van der Waals surface area contributed by atoms with E-state index in [-0.39, 0.29) is 37.6 Å². The third kappa shape index (κ3) is 7.58. The van der Waals surface area contributed by atoms with Crippen LogP contribution in [0.3, 0.4) is 0 Å². The quantitative estimate of drug-likeness (QED) is 0.446. The maximum Gasteiger partial charge on any atom is 0.306 e. The normalized spacial score (nSPS) is 22.9. The first-order chi connectivity index (χ1) is 15.0. The average molecular weight is 451 g/mol. The van der Waals surface area contributed by atoms with Crippen molar-refractivity contribution in [3.05, 3.63) is 35.9 Å². The van der Waals surface area contributed by atoms with E-state index in [0.717, 1.165) is 5.56 Å². The molecule has 3 N–H and O–H groups in total. The van der Waals surface area contributed by atoms with Crippen molar-refractivity contribution < 1.29 is 34.1 Å². The average Bonchev–Trinajstić information content (AvgIpc) is 2.99. The molecule has 0 aliphatic carbocycles. The Morgan fingerprint density at radius 1 is 1.09 bits per heavy atom. The molecular weight excluding hydrogens is 416 g/mol. The van der Waals surface area contributed by atoms with Gasteiger partial charge in [-0.2, -0.15) is 0 Å². The number of carbonyl (C=O) groups is 3. The van der Waals surface area contributed by atoms with Gasteiger partial charge in [0.15, 0.2) is 0 Å². The number of rotatable bonds is 10. The van der Waals surface area contributed by atoms with Crippen LogP contribution in [0.4, 0.5) is 0 Å². The van der Waals surface area contributed by atoms with Crippen molar-refractivity contribution in [3.63, 3.8) is 0 Å². The zero-order valence-corrected chi connectivity index (χ0v) is 19.1. The zero-order chi connectivity index (χ0) is 23.9. The van der Waals surface area contributed by atoms with Crippen LogP contribution in [0.25, 0.3) is 0 Å². The number of benzene rings is 1. The molecule has 0 spiro atoms. The lowest BCUT2D eigenvalue weighted by molar-refractivity contribution is -0.143. The molecule has 2 amide bonds. The van der Waals surface area contributed by atoms with Gasteiger partial charge in [0.05, 0.1) is 26.1 Å². The molecule has 1 aliphatic rings. The van der Waals surface area contributed by atoms with Gasteiger partial charge in [-0.25, -0.2) is 0 Å². The molecule has 32 heavy (non-hydrogen) atoms. The van der Waals surface area contributed by atoms with Gasteiger partial charge in [-0.1, -0.05) is 44.2 Å². The summed E-state index contributed by atoms with van der Waals surface area (Å²) in [6, 6.07) is 9.51. The second kappa shape index (κ2) is 11.4. The van der Waals surface area contributed by atoms with Crippen LogP contribution in [-0.4, -0.2) is 78.0 Å². The van der Waals surface area contributed by atoms with Crippen LogP contribution in [0.2, 0.25) is 0 Å². The summed E-state index contributed by atoms with van der Waals surface area (Å²) in [5.74, 6) is -0.934. The van der Waals surface area contributed by atoms with Gasteiger partial charge < -0.3 is 29.9 Å². The molecule has 1 unspecified atom stereocenters. The Kier molecular flexibility index (Phi) is 9.18. The van der Waals surface area contributed by atoms with Gasteiger partial charge >= 0.3 is 5.97 Å². The minimum Gasteiger partial charge on any atom is -0.469 e. The van der Waals surface area contributed by atoms with Gasteiger partial charge in [0.25, 0.3) is 0 Å². The van der Waals surface area contributed by atoms with E-state index >= 15 is 0 Å². The van der Waals surface area contributed by atoms with E-state index in [1.165, 1.54) is 12.0 Å². The number of esters is 1. The molecule has 1 heterocycles. The number of ether oxygens (including phenoxy) is 2. The monoisotopic (exact) mass is 450 g/mol. The van der Waals surface area contributed by atoms with E-state index in [4.69, 9.17) is 4.74 Å². The number of nitrogens with one attached hydrogen (secondary N) is 1. The third-order valence-corrected chi connectivity index (χ3v) is 5.52. The van der Waals surface area contributed by atoms with Crippen LogP contribution in [0, 0.1) is 5.41 Å². The Hall–Kier alpha value is -2.49. The second-order valence-electron chi connectivity index (χ2n) is 9.03. The summed E-state index contributed by atoms with van der Waals surface area (Å²) in [5, 5.41) is 23.3. The molecule has 2 rings (SSSR count). The van der Waals surface area contributed by atoms with Crippen LogP contribution >= 0.6 is 0 Å². The molecule has 1 saturated heterocycles. The fraction of sp³-hybridized carbons (Fsp3) is 0.609. The summed E-state index contributed by atoms with van der Waals surface area (Å²) in [4.78, 5) is 37.8. The van der Waals surface area contributed by atoms with Crippen molar-refractivity contribution >= 4 is 17.8 Å². The van der Waals surface area contributed by atoms with E-state index in [2.05, 4.69) is 10.1 Å². The van der Waals surface area contributed by atoms with Crippen LogP contribution in [-0.2, 0) is 30.4 Å². The lowest BCUT2D eigenvalue weighted by Crippen LogP contribution is -2.41. The number of aliphatic hydroxyl groups excluding tert-OH is 2. The first kappa shape index (κ1) is 25.8. The molecule has 0 saturated carbocycles. The number of nitrogens with zero attached hydrogens (tertiary/aromatic N) is 1. The third-order valence-electron chi connectivity index (χ3n) is 5.52. The first-order valence-electron chi connectivity index (χ1n) is 10.7. The maximum absolute atomic E-state index is 12.5. The van der Waals surface area contributed by atoms with Crippen molar-refractivity contribution in [1.29, 1.82) is 0 Å².